The normalized spacial score (nSPS) is 13.0. The molecule has 0 bridgehead atoms. The molecule has 118 valence electrons. The van der Waals surface area contributed by atoms with E-state index in [0.29, 0.717) is 11.4 Å². The van der Waals surface area contributed by atoms with Crippen LogP contribution < -0.4 is 0 Å². The van der Waals surface area contributed by atoms with Crippen LogP contribution in [0.3, 0.4) is 0 Å². The zero-order valence-corrected chi connectivity index (χ0v) is 12.3. The van der Waals surface area contributed by atoms with Crippen LogP contribution in [0.4, 0.5) is 13.2 Å². The van der Waals surface area contributed by atoms with Gasteiger partial charge in [0.05, 0.1) is 18.5 Å². The average Bonchev–Trinajstić information content (AvgIpc) is 2.76. The third kappa shape index (κ3) is 2.98. The summed E-state index contributed by atoms with van der Waals surface area (Å²) in [6.45, 7) is 3.48. The third-order valence-corrected chi connectivity index (χ3v) is 3.25. The Hall–Kier alpha value is -2.31. The second kappa shape index (κ2) is 5.82. The minimum absolute atomic E-state index is 0.187. The number of ether oxygens (including phenoxy) is 1. The fraction of sp³-hybridized carbons (Fsp3) is 0.333. The second-order valence-corrected chi connectivity index (χ2v) is 4.90. The Morgan fingerprint density at radius 1 is 1.27 bits per heavy atom. The largest absolute Gasteiger partial charge is 0.468 e. The summed E-state index contributed by atoms with van der Waals surface area (Å²) in [5, 5.41) is 4.19. The lowest BCUT2D eigenvalue weighted by atomic mass is 9.96. The lowest BCUT2D eigenvalue weighted by molar-refractivity contribution is -0.179. The van der Waals surface area contributed by atoms with Gasteiger partial charge in [-0.15, -0.1) is 0 Å². The Balaban J connectivity index is 2.65. The molecule has 1 aromatic heterocycles. The number of carbonyl (C=O) groups is 1. The number of rotatable bonds is 3. The first-order valence-corrected chi connectivity index (χ1v) is 6.52. The fourth-order valence-electron chi connectivity index (χ4n) is 2.35. The van der Waals surface area contributed by atoms with Crippen molar-refractivity contribution >= 4 is 5.97 Å². The molecule has 0 spiro atoms. The van der Waals surface area contributed by atoms with Crippen LogP contribution in [0.15, 0.2) is 30.3 Å². The molecule has 0 N–H and O–H groups in total. The maximum absolute atomic E-state index is 13.3. The van der Waals surface area contributed by atoms with Crippen molar-refractivity contribution in [3.8, 4) is 5.69 Å². The number of hydrogen-bond acceptors (Lipinski definition) is 3. The maximum atomic E-state index is 13.3. The van der Waals surface area contributed by atoms with Crippen molar-refractivity contribution in [1.82, 2.24) is 9.78 Å². The Morgan fingerprint density at radius 2 is 1.91 bits per heavy atom. The molecule has 0 aliphatic rings. The monoisotopic (exact) mass is 312 g/mol. The van der Waals surface area contributed by atoms with Crippen molar-refractivity contribution in [1.29, 1.82) is 0 Å². The molecular formula is C15H15F3N2O2. The number of esters is 1. The van der Waals surface area contributed by atoms with Crippen molar-refractivity contribution in [3.05, 3.63) is 47.3 Å². The van der Waals surface area contributed by atoms with Gasteiger partial charge in [-0.2, -0.15) is 18.3 Å². The number of methoxy groups -OCH3 is 1. The number of aromatic nitrogens is 2. The molecule has 0 amide bonds. The first-order chi connectivity index (χ1) is 10.3. The Bertz CT molecular complexity index is 692. The highest BCUT2D eigenvalue weighted by Gasteiger charge is 2.48. The van der Waals surface area contributed by atoms with Gasteiger partial charge in [0.2, 0.25) is 0 Å². The van der Waals surface area contributed by atoms with Crippen LogP contribution >= 0.6 is 0 Å². The summed E-state index contributed by atoms with van der Waals surface area (Å²) < 4.78 is 45.7. The molecule has 22 heavy (non-hydrogen) atoms. The van der Waals surface area contributed by atoms with Crippen LogP contribution in [0.25, 0.3) is 5.69 Å². The lowest BCUT2D eigenvalue weighted by Gasteiger charge is -2.21. The molecule has 1 unspecified atom stereocenters. The predicted molar refractivity (Wildman–Crippen MR) is 73.9 cm³/mol. The lowest BCUT2D eigenvalue weighted by Crippen LogP contribution is -2.30. The van der Waals surface area contributed by atoms with Crippen LogP contribution in [-0.4, -0.2) is 29.0 Å². The molecule has 0 radical (unpaired) electrons. The maximum Gasteiger partial charge on any atom is 0.406 e. The summed E-state index contributed by atoms with van der Waals surface area (Å²) in [7, 11) is 0.937. The zero-order valence-electron chi connectivity index (χ0n) is 12.3. The molecule has 4 nitrogen and oxygen atoms in total. The van der Waals surface area contributed by atoms with E-state index in [0.717, 1.165) is 7.11 Å². The van der Waals surface area contributed by atoms with E-state index in [1.54, 1.807) is 26.0 Å². The predicted octanol–water partition coefficient (Wildman–Crippen LogP) is 3.31. The van der Waals surface area contributed by atoms with Crippen molar-refractivity contribution in [2.24, 2.45) is 0 Å². The summed E-state index contributed by atoms with van der Waals surface area (Å²) in [4.78, 5) is 11.7. The van der Waals surface area contributed by atoms with E-state index in [9.17, 15) is 18.0 Å². The van der Waals surface area contributed by atoms with E-state index < -0.39 is 18.1 Å². The molecule has 1 heterocycles. The number of halogens is 3. The van der Waals surface area contributed by atoms with Crippen LogP contribution in [-0.2, 0) is 9.53 Å². The van der Waals surface area contributed by atoms with Crippen LogP contribution in [0.2, 0.25) is 0 Å². The molecule has 2 rings (SSSR count). The third-order valence-electron chi connectivity index (χ3n) is 3.25. The Kier molecular flexibility index (Phi) is 4.25. The van der Waals surface area contributed by atoms with Gasteiger partial charge in [0.1, 0.15) is 0 Å². The Morgan fingerprint density at radius 3 is 2.41 bits per heavy atom. The standard InChI is InChI=1S/C15H15F3N2O2/c1-9-8-10(2)20(19-9)12-7-5-4-6-11(12)13(14(21)22-3)15(16,17)18/h4-8,13H,1-3H3. The molecule has 0 saturated heterocycles. The summed E-state index contributed by atoms with van der Waals surface area (Å²) in [5.41, 5.74) is 1.37. The summed E-state index contributed by atoms with van der Waals surface area (Å²) >= 11 is 0. The van der Waals surface area contributed by atoms with Gasteiger partial charge in [-0.25, -0.2) is 4.68 Å². The van der Waals surface area contributed by atoms with Gasteiger partial charge in [-0.3, -0.25) is 4.79 Å². The van der Waals surface area contributed by atoms with Crippen LogP contribution in [0, 0.1) is 13.8 Å². The minimum atomic E-state index is -4.75. The highest BCUT2D eigenvalue weighted by Crippen LogP contribution is 2.38. The van der Waals surface area contributed by atoms with E-state index in [1.165, 1.54) is 22.9 Å². The van der Waals surface area contributed by atoms with Gasteiger partial charge in [-0.05, 0) is 26.0 Å². The zero-order chi connectivity index (χ0) is 16.5. The van der Waals surface area contributed by atoms with E-state index in [4.69, 9.17) is 0 Å². The van der Waals surface area contributed by atoms with E-state index in [2.05, 4.69) is 9.84 Å². The topological polar surface area (TPSA) is 44.1 Å². The SMILES string of the molecule is COC(=O)C(c1ccccc1-n1nc(C)cc1C)C(F)(F)F. The fourth-order valence-corrected chi connectivity index (χ4v) is 2.35. The van der Waals surface area contributed by atoms with Gasteiger partial charge in [0.25, 0.3) is 0 Å². The molecule has 1 aromatic carbocycles. The molecular weight excluding hydrogens is 297 g/mol. The number of carbonyl (C=O) groups excluding carboxylic acids is 1. The van der Waals surface area contributed by atoms with E-state index >= 15 is 0 Å². The molecule has 0 aliphatic heterocycles. The number of para-hydroxylation sites is 1. The smallest absolute Gasteiger partial charge is 0.406 e. The van der Waals surface area contributed by atoms with E-state index in [-0.39, 0.29) is 11.3 Å². The highest BCUT2D eigenvalue weighted by atomic mass is 19.4. The number of hydrogen-bond donors (Lipinski definition) is 0. The first kappa shape index (κ1) is 16.1. The number of nitrogens with zero attached hydrogens (tertiary/aromatic N) is 2. The van der Waals surface area contributed by atoms with Gasteiger partial charge in [0, 0.05) is 11.3 Å². The molecule has 2 aromatic rings. The molecule has 0 saturated carbocycles. The highest BCUT2D eigenvalue weighted by molar-refractivity contribution is 5.80. The number of aryl methyl sites for hydroxylation is 2. The van der Waals surface area contributed by atoms with Crippen molar-refractivity contribution < 1.29 is 22.7 Å². The number of alkyl halides is 3. The average molecular weight is 312 g/mol. The van der Waals surface area contributed by atoms with Crippen molar-refractivity contribution in [2.75, 3.05) is 7.11 Å². The van der Waals surface area contributed by atoms with Crippen molar-refractivity contribution in [3.63, 3.8) is 0 Å². The molecule has 0 fully saturated rings. The second-order valence-electron chi connectivity index (χ2n) is 4.90. The summed E-state index contributed by atoms with van der Waals surface area (Å²) in [5.74, 6) is -3.70. The molecule has 1 atom stereocenters. The van der Waals surface area contributed by atoms with Gasteiger partial charge < -0.3 is 4.74 Å². The molecule has 7 heteroatoms. The Labute approximate surface area is 125 Å². The minimum Gasteiger partial charge on any atom is -0.468 e. The van der Waals surface area contributed by atoms with Gasteiger partial charge >= 0.3 is 12.1 Å². The summed E-state index contributed by atoms with van der Waals surface area (Å²) in [6.07, 6.45) is -4.75. The van der Waals surface area contributed by atoms with Crippen molar-refractivity contribution in [2.45, 2.75) is 25.9 Å². The quantitative estimate of drug-likeness (QED) is 0.817. The molecule has 0 aliphatic carbocycles. The van der Waals surface area contributed by atoms with Gasteiger partial charge in [-0.1, -0.05) is 18.2 Å². The van der Waals surface area contributed by atoms with Gasteiger partial charge in [0.15, 0.2) is 5.92 Å². The van der Waals surface area contributed by atoms with Crippen LogP contribution in [0.1, 0.15) is 22.9 Å². The summed E-state index contributed by atoms with van der Waals surface area (Å²) in [6, 6.07) is 7.56. The number of benzene rings is 1. The van der Waals surface area contributed by atoms with E-state index in [1.807, 2.05) is 0 Å². The first-order valence-electron chi connectivity index (χ1n) is 6.52. The van der Waals surface area contributed by atoms with Crippen LogP contribution in [0.5, 0.6) is 0 Å².